The fraction of sp³-hybridized carbons (Fsp3) is 0.375. The van der Waals surface area contributed by atoms with E-state index in [1.165, 1.54) is 11.3 Å². The van der Waals surface area contributed by atoms with Crippen LogP contribution in [0.2, 0.25) is 0 Å². The molecule has 0 aromatic carbocycles. The summed E-state index contributed by atoms with van der Waals surface area (Å²) >= 11 is 0. The standard InChI is InChI=1S/C24H31N/c1-5-7-8-16-23(20(4)6-2)24(25-22-14-9-10-15-22)21-13-11-12-19(3)17-18-21/h5,7-9,11-20,23H,6,10H2,1-4H3/b7-5-,16-8-,25-24-. The first-order valence-corrected chi connectivity index (χ1v) is 9.47. The molecule has 0 amide bonds. The van der Waals surface area contributed by atoms with Crippen LogP contribution in [0.3, 0.4) is 0 Å². The predicted octanol–water partition coefficient (Wildman–Crippen LogP) is 6.75. The maximum atomic E-state index is 5.08. The van der Waals surface area contributed by atoms with Crippen LogP contribution in [0.25, 0.3) is 0 Å². The molecule has 0 aromatic heterocycles. The third-order valence-corrected chi connectivity index (χ3v) is 4.76. The van der Waals surface area contributed by atoms with Gasteiger partial charge in [-0.05, 0) is 36.8 Å². The van der Waals surface area contributed by atoms with Gasteiger partial charge in [0.15, 0.2) is 0 Å². The lowest BCUT2D eigenvalue weighted by Crippen LogP contribution is -2.21. The first-order chi connectivity index (χ1) is 12.2. The summed E-state index contributed by atoms with van der Waals surface area (Å²) in [6, 6.07) is 0. The number of hydrogen-bond acceptors (Lipinski definition) is 1. The lowest BCUT2D eigenvalue weighted by atomic mass is 9.83. The molecule has 132 valence electrons. The van der Waals surface area contributed by atoms with Gasteiger partial charge < -0.3 is 0 Å². The van der Waals surface area contributed by atoms with Crippen LogP contribution in [-0.2, 0) is 0 Å². The van der Waals surface area contributed by atoms with Crippen molar-refractivity contribution in [2.24, 2.45) is 22.7 Å². The van der Waals surface area contributed by atoms with Crippen LogP contribution in [0, 0.1) is 17.8 Å². The average Bonchev–Trinajstić information content (AvgIpc) is 3.04. The lowest BCUT2D eigenvalue weighted by molar-refractivity contribution is 0.504. The van der Waals surface area contributed by atoms with E-state index in [2.05, 4.69) is 101 Å². The zero-order chi connectivity index (χ0) is 18.1. The molecule has 0 fully saturated rings. The van der Waals surface area contributed by atoms with Crippen LogP contribution in [0.5, 0.6) is 0 Å². The lowest BCUT2D eigenvalue weighted by Gasteiger charge is -2.23. The Morgan fingerprint density at radius 1 is 1.28 bits per heavy atom. The van der Waals surface area contributed by atoms with Crippen molar-refractivity contribution in [2.75, 3.05) is 0 Å². The summed E-state index contributed by atoms with van der Waals surface area (Å²) < 4.78 is 0. The minimum absolute atomic E-state index is 0.300. The molecule has 1 nitrogen and oxygen atoms in total. The molecule has 3 atom stereocenters. The summed E-state index contributed by atoms with van der Waals surface area (Å²) in [7, 11) is 0. The van der Waals surface area contributed by atoms with E-state index in [1.54, 1.807) is 0 Å². The van der Waals surface area contributed by atoms with E-state index in [1.807, 2.05) is 0 Å². The normalized spacial score (nSPS) is 23.2. The van der Waals surface area contributed by atoms with Crippen molar-refractivity contribution in [3.8, 4) is 0 Å². The largest absolute Gasteiger partial charge is 0.253 e. The van der Waals surface area contributed by atoms with Gasteiger partial charge in [-0.1, -0.05) is 94.0 Å². The zero-order valence-corrected chi connectivity index (χ0v) is 16.0. The van der Waals surface area contributed by atoms with Gasteiger partial charge in [0.05, 0.1) is 11.4 Å². The first-order valence-electron chi connectivity index (χ1n) is 9.47. The van der Waals surface area contributed by atoms with Crippen LogP contribution in [0.1, 0.15) is 40.5 Å². The molecular weight excluding hydrogens is 302 g/mol. The van der Waals surface area contributed by atoms with E-state index in [0.717, 1.165) is 18.5 Å². The van der Waals surface area contributed by atoms with Crippen LogP contribution in [0.4, 0.5) is 0 Å². The average molecular weight is 334 g/mol. The zero-order valence-electron chi connectivity index (χ0n) is 16.0. The maximum Gasteiger partial charge on any atom is 0.0593 e. The van der Waals surface area contributed by atoms with Gasteiger partial charge in [-0.25, -0.2) is 0 Å². The van der Waals surface area contributed by atoms with Crippen LogP contribution < -0.4 is 0 Å². The molecule has 0 aliphatic heterocycles. The van der Waals surface area contributed by atoms with Crippen molar-refractivity contribution in [3.63, 3.8) is 0 Å². The van der Waals surface area contributed by atoms with Gasteiger partial charge in [0, 0.05) is 5.92 Å². The Morgan fingerprint density at radius 3 is 2.80 bits per heavy atom. The smallest absolute Gasteiger partial charge is 0.0593 e. The van der Waals surface area contributed by atoms with E-state index in [0.29, 0.717) is 17.8 Å². The number of nitrogens with zero attached hydrogens (tertiary/aromatic N) is 1. The summed E-state index contributed by atoms with van der Waals surface area (Å²) in [6.45, 7) is 8.83. The van der Waals surface area contributed by atoms with E-state index in [-0.39, 0.29) is 0 Å². The molecule has 25 heavy (non-hydrogen) atoms. The summed E-state index contributed by atoms with van der Waals surface area (Å²) in [5, 5.41) is 0. The second kappa shape index (κ2) is 9.98. The fourth-order valence-electron chi connectivity index (χ4n) is 2.98. The highest BCUT2D eigenvalue weighted by atomic mass is 14.8. The van der Waals surface area contributed by atoms with Crippen molar-refractivity contribution in [2.45, 2.75) is 40.5 Å². The molecule has 2 aliphatic rings. The molecule has 0 aromatic rings. The van der Waals surface area contributed by atoms with Crippen molar-refractivity contribution < 1.29 is 0 Å². The highest BCUT2D eigenvalue weighted by Gasteiger charge is 2.22. The first kappa shape index (κ1) is 19.2. The highest BCUT2D eigenvalue weighted by Crippen LogP contribution is 2.27. The van der Waals surface area contributed by atoms with Crippen molar-refractivity contribution in [1.82, 2.24) is 0 Å². The molecule has 0 N–H and O–H groups in total. The van der Waals surface area contributed by atoms with Gasteiger partial charge in [-0.2, -0.15) is 0 Å². The van der Waals surface area contributed by atoms with Gasteiger partial charge in [0.2, 0.25) is 0 Å². The Bertz CT molecular complexity index is 677. The van der Waals surface area contributed by atoms with Gasteiger partial charge in [0.25, 0.3) is 0 Å². The molecule has 2 rings (SSSR count). The van der Waals surface area contributed by atoms with Gasteiger partial charge in [-0.15, -0.1) is 0 Å². The SMILES string of the molecule is C/C=C\C=C/C(/C(=N\C1=CCC=C1)C1=CC=CC(C)C=C1)C(C)CC. The van der Waals surface area contributed by atoms with Gasteiger partial charge in [-0.3, -0.25) is 4.99 Å². The topological polar surface area (TPSA) is 12.4 Å². The third-order valence-electron chi connectivity index (χ3n) is 4.76. The van der Waals surface area contributed by atoms with E-state index in [9.17, 15) is 0 Å². The Morgan fingerprint density at radius 2 is 2.12 bits per heavy atom. The molecule has 0 heterocycles. The fourth-order valence-corrected chi connectivity index (χ4v) is 2.98. The van der Waals surface area contributed by atoms with Gasteiger partial charge in [0.1, 0.15) is 0 Å². The maximum absolute atomic E-state index is 5.08. The second-order valence-corrected chi connectivity index (χ2v) is 6.81. The summed E-state index contributed by atoms with van der Waals surface area (Å²) in [5.41, 5.74) is 3.47. The Hall–Kier alpha value is -2.15. The number of rotatable bonds is 7. The quantitative estimate of drug-likeness (QED) is 0.361. The Balaban J connectivity index is 2.48. The molecule has 0 saturated carbocycles. The van der Waals surface area contributed by atoms with Crippen molar-refractivity contribution in [1.29, 1.82) is 0 Å². The molecule has 2 aliphatic carbocycles. The van der Waals surface area contributed by atoms with Crippen molar-refractivity contribution >= 4 is 5.71 Å². The number of hydrogen-bond donors (Lipinski definition) is 0. The minimum atomic E-state index is 0.300. The Labute approximate surface area is 153 Å². The molecule has 0 radical (unpaired) electrons. The molecule has 3 unspecified atom stereocenters. The summed E-state index contributed by atoms with van der Waals surface area (Å²) in [6.07, 6.45) is 28.3. The molecule has 1 heteroatoms. The van der Waals surface area contributed by atoms with E-state index in [4.69, 9.17) is 4.99 Å². The summed E-state index contributed by atoms with van der Waals surface area (Å²) in [4.78, 5) is 5.08. The predicted molar refractivity (Wildman–Crippen MR) is 112 cm³/mol. The van der Waals surface area contributed by atoms with Crippen LogP contribution >= 0.6 is 0 Å². The molecule has 0 bridgehead atoms. The van der Waals surface area contributed by atoms with Crippen LogP contribution in [-0.4, -0.2) is 5.71 Å². The molecular formula is C24H31N. The monoisotopic (exact) mass is 333 g/mol. The molecule has 0 saturated heterocycles. The second-order valence-electron chi connectivity index (χ2n) is 6.81. The van der Waals surface area contributed by atoms with Crippen molar-refractivity contribution in [3.05, 3.63) is 84.2 Å². The highest BCUT2D eigenvalue weighted by molar-refractivity contribution is 6.06. The molecule has 0 spiro atoms. The van der Waals surface area contributed by atoms with E-state index < -0.39 is 0 Å². The third kappa shape index (κ3) is 5.70. The van der Waals surface area contributed by atoms with E-state index >= 15 is 0 Å². The minimum Gasteiger partial charge on any atom is -0.253 e. The van der Waals surface area contributed by atoms with Crippen LogP contribution in [0.15, 0.2) is 89.2 Å². The summed E-state index contributed by atoms with van der Waals surface area (Å²) in [5.74, 6) is 1.29. The number of aliphatic imine (C=N–C) groups is 1. The van der Waals surface area contributed by atoms with Gasteiger partial charge >= 0.3 is 0 Å². The Kier molecular flexibility index (Phi) is 7.66. The number of allylic oxidation sites excluding steroid dienone is 13.